The zero-order valence-electron chi connectivity index (χ0n) is 10.9. The van der Waals surface area contributed by atoms with Crippen molar-refractivity contribution >= 4 is 23.5 Å². The molecule has 0 unspecified atom stereocenters. The molecule has 1 amide bonds. The van der Waals surface area contributed by atoms with Gasteiger partial charge in [0, 0.05) is 13.0 Å². The van der Waals surface area contributed by atoms with Gasteiger partial charge in [-0.15, -0.1) is 0 Å². The van der Waals surface area contributed by atoms with Gasteiger partial charge in [0.15, 0.2) is 6.61 Å². The summed E-state index contributed by atoms with van der Waals surface area (Å²) >= 11 is 5.90. The van der Waals surface area contributed by atoms with Crippen LogP contribution in [0.2, 0.25) is 5.02 Å². The van der Waals surface area contributed by atoms with Gasteiger partial charge in [-0.1, -0.05) is 17.7 Å². The first-order chi connectivity index (χ1) is 9.43. The highest BCUT2D eigenvalue weighted by molar-refractivity contribution is 6.32. The zero-order valence-corrected chi connectivity index (χ0v) is 11.7. The van der Waals surface area contributed by atoms with Crippen molar-refractivity contribution in [3.63, 3.8) is 0 Å². The fourth-order valence-electron chi connectivity index (χ4n) is 1.49. The summed E-state index contributed by atoms with van der Waals surface area (Å²) in [5.74, 6) is -1.44. The smallest absolute Gasteiger partial charge is 0.326 e. The van der Waals surface area contributed by atoms with Crippen LogP contribution < -0.4 is 10.1 Å². The first-order valence-corrected chi connectivity index (χ1v) is 6.34. The predicted molar refractivity (Wildman–Crippen MR) is 73.0 cm³/mol. The van der Waals surface area contributed by atoms with Crippen molar-refractivity contribution in [1.29, 1.82) is 0 Å². The molecule has 1 aromatic carbocycles. The van der Waals surface area contributed by atoms with Crippen molar-refractivity contribution in [2.24, 2.45) is 0 Å². The van der Waals surface area contributed by atoms with Crippen LogP contribution >= 0.6 is 11.6 Å². The second kappa shape index (κ2) is 7.72. The van der Waals surface area contributed by atoms with Crippen LogP contribution in [-0.2, 0) is 9.59 Å². The van der Waals surface area contributed by atoms with Crippen LogP contribution in [0.5, 0.6) is 5.75 Å². The van der Waals surface area contributed by atoms with Crippen LogP contribution in [0.25, 0.3) is 0 Å². The number of rotatable bonds is 7. The maximum atomic E-state index is 11.6. The number of carboxylic acids is 1. The lowest BCUT2D eigenvalue weighted by atomic mass is 10.2. The van der Waals surface area contributed by atoms with E-state index >= 15 is 0 Å². The highest BCUT2D eigenvalue weighted by atomic mass is 35.5. The number of ether oxygens (including phenoxy) is 1. The van der Waals surface area contributed by atoms with Gasteiger partial charge in [0.05, 0.1) is 5.02 Å². The van der Waals surface area contributed by atoms with Crippen molar-refractivity contribution < 1.29 is 24.5 Å². The Hall–Kier alpha value is -1.79. The third-order valence-corrected chi connectivity index (χ3v) is 2.81. The number of halogens is 1. The molecule has 20 heavy (non-hydrogen) atoms. The highest BCUT2D eigenvalue weighted by Gasteiger charge is 2.19. The number of aliphatic carboxylic acids is 1. The molecule has 110 valence electrons. The lowest BCUT2D eigenvalue weighted by molar-refractivity contribution is -0.142. The number of carbonyl (C=O) groups is 2. The molecule has 0 bridgehead atoms. The first-order valence-electron chi connectivity index (χ1n) is 5.96. The van der Waals surface area contributed by atoms with Crippen molar-refractivity contribution in [3.05, 3.63) is 28.8 Å². The standard InChI is InChI=1S/C13H16ClNO5/c1-8-2-3-9(14)11(6-8)20-7-12(17)15-10(4-5-16)13(18)19/h2-3,6,10,16H,4-5,7H2,1H3,(H,15,17)(H,18,19)/t10-/m1/s1. The third-order valence-electron chi connectivity index (χ3n) is 2.50. The van der Waals surface area contributed by atoms with Crippen molar-refractivity contribution in [2.45, 2.75) is 19.4 Å². The fourth-order valence-corrected chi connectivity index (χ4v) is 1.66. The molecule has 0 heterocycles. The maximum Gasteiger partial charge on any atom is 0.326 e. The molecule has 1 atom stereocenters. The number of hydrogen-bond acceptors (Lipinski definition) is 4. The molecule has 1 rings (SSSR count). The van der Waals surface area contributed by atoms with Crippen LogP contribution in [0.1, 0.15) is 12.0 Å². The van der Waals surface area contributed by atoms with E-state index in [1.165, 1.54) is 0 Å². The molecule has 0 spiro atoms. The van der Waals surface area contributed by atoms with Crippen LogP contribution in [-0.4, -0.2) is 41.3 Å². The number of aliphatic hydroxyl groups is 1. The predicted octanol–water partition coefficient (Wildman–Crippen LogP) is 0.979. The van der Waals surface area contributed by atoms with Gasteiger partial charge in [0.1, 0.15) is 11.8 Å². The number of aryl methyl sites for hydroxylation is 1. The topological polar surface area (TPSA) is 95.9 Å². The third kappa shape index (κ3) is 5.07. The van der Waals surface area contributed by atoms with Gasteiger partial charge < -0.3 is 20.3 Å². The number of aliphatic hydroxyl groups excluding tert-OH is 1. The van der Waals surface area contributed by atoms with E-state index in [9.17, 15) is 9.59 Å². The molecule has 1 aromatic rings. The number of benzene rings is 1. The lowest BCUT2D eigenvalue weighted by Crippen LogP contribution is -2.43. The number of carbonyl (C=O) groups excluding carboxylic acids is 1. The zero-order chi connectivity index (χ0) is 15.1. The van der Waals surface area contributed by atoms with E-state index in [1.807, 2.05) is 6.92 Å². The van der Waals surface area contributed by atoms with E-state index < -0.39 is 17.9 Å². The fraction of sp³-hybridized carbons (Fsp3) is 0.385. The SMILES string of the molecule is Cc1ccc(Cl)c(OCC(=O)N[C@H](CCO)C(=O)O)c1. The van der Waals surface area contributed by atoms with Gasteiger partial charge in [-0.3, -0.25) is 4.79 Å². The molecule has 0 fully saturated rings. The molecule has 0 aliphatic heterocycles. The van der Waals surface area contributed by atoms with Crippen LogP contribution in [0, 0.1) is 6.92 Å². The lowest BCUT2D eigenvalue weighted by Gasteiger charge is -2.14. The van der Waals surface area contributed by atoms with E-state index in [0.717, 1.165) is 5.56 Å². The molecular weight excluding hydrogens is 286 g/mol. The monoisotopic (exact) mass is 301 g/mol. The molecule has 7 heteroatoms. The maximum absolute atomic E-state index is 11.6. The molecule has 0 radical (unpaired) electrons. The first kappa shape index (κ1) is 16.3. The van der Waals surface area contributed by atoms with E-state index in [-0.39, 0.29) is 19.6 Å². The number of nitrogens with one attached hydrogen (secondary N) is 1. The summed E-state index contributed by atoms with van der Waals surface area (Å²) < 4.78 is 5.24. The second-order valence-electron chi connectivity index (χ2n) is 4.19. The van der Waals surface area contributed by atoms with Crippen LogP contribution in [0.3, 0.4) is 0 Å². The van der Waals surface area contributed by atoms with Gasteiger partial charge >= 0.3 is 5.97 Å². The minimum Gasteiger partial charge on any atom is -0.482 e. The molecule has 0 aliphatic carbocycles. The van der Waals surface area contributed by atoms with Gasteiger partial charge in [-0.25, -0.2) is 4.79 Å². The largest absolute Gasteiger partial charge is 0.482 e. The molecular formula is C13H16ClNO5. The Bertz CT molecular complexity index is 492. The number of carboxylic acid groups (broad SMARTS) is 1. The number of amides is 1. The van der Waals surface area contributed by atoms with Crippen molar-refractivity contribution in [1.82, 2.24) is 5.32 Å². The second-order valence-corrected chi connectivity index (χ2v) is 4.60. The minimum atomic E-state index is -1.21. The van der Waals surface area contributed by atoms with E-state index in [1.54, 1.807) is 18.2 Å². The summed E-state index contributed by atoms with van der Waals surface area (Å²) in [5, 5.41) is 20.2. The minimum absolute atomic E-state index is 0.0632. The Morgan fingerprint density at radius 1 is 1.45 bits per heavy atom. The van der Waals surface area contributed by atoms with Gasteiger partial charge in [0.2, 0.25) is 0 Å². The summed E-state index contributed by atoms with van der Waals surface area (Å²) in [6.45, 7) is 1.17. The van der Waals surface area contributed by atoms with E-state index in [4.69, 9.17) is 26.6 Å². The van der Waals surface area contributed by atoms with Gasteiger partial charge in [0.25, 0.3) is 5.91 Å². The summed E-state index contributed by atoms with van der Waals surface area (Å²) in [4.78, 5) is 22.4. The average molecular weight is 302 g/mol. The summed E-state index contributed by atoms with van der Waals surface area (Å²) in [7, 11) is 0. The molecule has 0 aliphatic rings. The quantitative estimate of drug-likeness (QED) is 0.697. The van der Waals surface area contributed by atoms with E-state index in [2.05, 4.69) is 5.32 Å². The molecule has 0 aromatic heterocycles. The Kier molecular flexibility index (Phi) is 6.27. The van der Waals surface area contributed by atoms with E-state index in [0.29, 0.717) is 10.8 Å². The Labute approximate surface area is 121 Å². The Morgan fingerprint density at radius 2 is 2.15 bits per heavy atom. The van der Waals surface area contributed by atoms with Gasteiger partial charge in [-0.05, 0) is 24.6 Å². The Morgan fingerprint density at radius 3 is 2.75 bits per heavy atom. The summed E-state index contributed by atoms with van der Waals surface area (Å²) in [5.41, 5.74) is 0.925. The molecule has 6 nitrogen and oxygen atoms in total. The summed E-state index contributed by atoms with van der Waals surface area (Å²) in [6, 6.07) is 3.99. The Balaban J connectivity index is 2.54. The summed E-state index contributed by atoms with van der Waals surface area (Å²) in [6.07, 6.45) is -0.0632. The van der Waals surface area contributed by atoms with Crippen LogP contribution in [0.4, 0.5) is 0 Å². The molecule has 0 saturated heterocycles. The van der Waals surface area contributed by atoms with Crippen molar-refractivity contribution in [2.75, 3.05) is 13.2 Å². The molecule has 0 saturated carbocycles. The van der Waals surface area contributed by atoms with Crippen molar-refractivity contribution in [3.8, 4) is 5.75 Å². The molecule has 3 N–H and O–H groups in total. The van der Waals surface area contributed by atoms with Gasteiger partial charge in [-0.2, -0.15) is 0 Å². The van der Waals surface area contributed by atoms with Crippen LogP contribution in [0.15, 0.2) is 18.2 Å². The normalized spacial score (nSPS) is 11.8. The average Bonchev–Trinajstić information content (AvgIpc) is 2.39. The highest BCUT2D eigenvalue weighted by Crippen LogP contribution is 2.24. The number of hydrogen-bond donors (Lipinski definition) is 3.